The van der Waals surface area contributed by atoms with Crippen molar-refractivity contribution in [3.05, 3.63) is 36.4 Å². The summed E-state index contributed by atoms with van der Waals surface area (Å²) >= 11 is 3.37. The van der Waals surface area contributed by atoms with Crippen molar-refractivity contribution in [2.24, 2.45) is 0 Å². The molecule has 0 saturated heterocycles. The molecular weight excluding hydrogens is 308 g/mol. The quantitative estimate of drug-likeness (QED) is 0.239. The van der Waals surface area contributed by atoms with Gasteiger partial charge in [-0.25, -0.2) is 0 Å². The van der Waals surface area contributed by atoms with E-state index in [0.29, 0.717) is 25.2 Å². The zero-order chi connectivity index (χ0) is 14.1. The average Bonchev–Trinajstić information content (AvgIpc) is 2.41. The molecule has 0 aliphatic heterocycles. The Morgan fingerprint density at radius 1 is 1.47 bits per heavy atom. The van der Waals surface area contributed by atoms with Crippen LogP contribution in [0.1, 0.15) is 25.3 Å². The van der Waals surface area contributed by atoms with Crippen molar-refractivity contribution >= 4 is 21.9 Å². The van der Waals surface area contributed by atoms with Gasteiger partial charge in [0.2, 0.25) is 0 Å². The largest absolute Gasteiger partial charge is 0.493 e. The molecule has 19 heavy (non-hydrogen) atoms. The van der Waals surface area contributed by atoms with Gasteiger partial charge in [0.1, 0.15) is 11.5 Å². The van der Waals surface area contributed by atoms with Crippen molar-refractivity contribution in [1.82, 2.24) is 0 Å². The average molecular weight is 327 g/mol. The van der Waals surface area contributed by atoms with Crippen LogP contribution in [-0.2, 0) is 11.2 Å². The van der Waals surface area contributed by atoms with Gasteiger partial charge in [-0.1, -0.05) is 28.9 Å². The number of ether oxygens (including phenoxy) is 2. The minimum atomic E-state index is -0.238. The summed E-state index contributed by atoms with van der Waals surface area (Å²) < 4.78 is 10.9. The number of halogens is 1. The Morgan fingerprint density at radius 3 is 2.89 bits per heavy atom. The summed E-state index contributed by atoms with van der Waals surface area (Å²) in [5.41, 5.74) is 0.978. The summed E-state index contributed by atoms with van der Waals surface area (Å²) in [6.07, 6.45) is 3.79. The first-order valence-electron chi connectivity index (χ1n) is 6.34. The number of carbonyl (C=O) groups excluding carboxylic acids is 1. The highest BCUT2D eigenvalue weighted by atomic mass is 79.9. The van der Waals surface area contributed by atoms with Crippen molar-refractivity contribution < 1.29 is 14.3 Å². The van der Waals surface area contributed by atoms with Crippen LogP contribution in [0.25, 0.3) is 0 Å². The van der Waals surface area contributed by atoms with E-state index in [-0.39, 0.29) is 5.97 Å². The van der Waals surface area contributed by atoms with Crippen LogP contribution < -0.4 is 9.47 Å². The molecule has 1 aromatic rings. The number of benzene rings is 1. The third kappa shape index (κ3) is 5.47. The van der Waals surface area contributed by atoms with E-state index in [1.165, 1.54) is 0 Å². The molecule has 0 N–H and O–H groups in total. The summed E-state index contributed by atoms with van der Waals surface area (Å²) in [4.78, 5) is 11.3. The summed E-state index contributed by atoms with van der Waals surface area (Å²) in [7, 11) is 0. The van der Waals surface area contributed by atoms with E-state index >= 15 is 0 Å². The van der Waals surface area contributed by atoms with Gasteiger partial charge >= 0.3 is 5.97 Å². The Labute approximate surface area is 122 Å². The van der Waals surface area contributed by atoms with Gasteiger partial charge in [-0.3, -0.25) is 4.79 Å². The lowest BCUT2D eigenvalue weighted by atomic mass is 10.1. The minimum Gasteiger partial charge on any atom is -0.493 e. The van der Waals surface area contributed by atoms with Gasteiger partial charge < -0.3 is 9.47 Å². The molecule has 0 aliphatic rings. The van der Waals surface area contributed by atoms with E-state index in [2.05, 4.69) is 22.5 Å². The third-order valence-electron chi connectivity index (χ3n) is 2.45. The molecular formula is C15H19BrO3. The number of rotatable bonds is 8. The Balaban J connectivity index is 2.80. The molecule has 0 radical (unpaired) electrons. The molecule has 0 unspecified atom stereocenters. The van der Waals surface area contributed by atoms with E-state index in [0.717, 1.165) is 23.1 Å². The zero-order valence-electron chi connectivity index (χ0n) is 11.2. The fourth-order valence-electron chi connectivity index (χ4n) is 1.52. The Morgan fingerprint density at radius 2 is 2.26 bits per heavy atom. The molecule has 4 heteroatoms. The highest BCUT2D eigenvalue weighted by Gasteiger charge is 2.07. The standard InChI is InChI=1S/C15H19BrO3/c1-3-6-12-11-13(19-15(17)4-2)7-8-14(12)18-10-5-9-16/h3,7-8,11H,1,4-6,9-10H2,2H3. The second-order valence-corrected chi connectivity index (χ2v) is 4.77. The van der Waals surface area contributed by atoms with Crippen molar-refractivity contribution in [2.75, 3.05) is 11.9 Å². The molecule has 0 bridgehead atoms. The van der Waals surface area contributed by atoms with E-state index in [1.54, 1.807) is 19.1 Å². The Kier molecular flexibility index (Phi) is 7.26. The van der Waals surface area contributed by atoms with Crippen LogP contribution >= 0.6 is 15.9 Å². The van der Waals surface area contributed by atoms with Gasteiger partial charge in [0, 0.05) is 17.3 Å². The molecule has 0 aromatic heterocycles. The molecule has 0 amide bonds. The molecule has 1 aromatic carbocycles. The molecule has 0 spiro atoms. The second kappa shape index (κ2) is 8.75. The van der Waals surface area contributed by atoms with Crippen molar-refractivity contribution in [1.29, 1.82) is 0 Å². The number of allylic oxidation sites excluding steroid dienone is 1. The number of hydrogen-bond acceptors (Lipinski definition) is 3. The van der Waals surface area contributed by atoms with Crippen molar-refractivity contribution in [2.45, 2.75) is 26.2 Å². The maximum absolute atomic E-state index is 11.3. The molecule has 0 heterocycles. The molecule has 0 aliphatic carbocycles. The lowest BCUT2D eigenvalue weighted by molar-refractivity contribution is -0.134. The minimum absolute atomic E-state index is 0.238. The summed E-state index contributed by atoms with van der Waals surface area (Å²) in [6.45, 7) is 6.15. The van der Waals surface area contributed by atoms with Crippen LogP contribution in [0.2, 0.25) is 0 Å². The van der Waals surface area contributed by atoms with E-state index in [9.17, 15) is 4.79 Å². The smallest absolute Gasteiger partial charge is 0.310 e. The predicted molar refractivity (Wildman–Crippen MR) is 80.2 cm³/mol. The van der Waals surface area contributed by atoms with E-state index < -0.39 is 0 Å². The highest BCUT2D eigenvalue weighted by molar-refractivity contribution is 9.09. The van der Waals surface area contributed by atoms with Gasteiger partial charge in [-0.05, 0) is 31.0 Å². The molecule has 0 saturated carbocycles. The third-order valence-corrected chi connectivity index (χ3v) is 3.01. The number of carbonyl (C=O) groups is 1. The lowest BCUT2D eigenvalue weighted by Crippen LogP contribution is -2.06. The fourth-order valence-corrected chi connectivity index (χ4v) is 1.74. The van der Waals surface area contributed by atoms with Gasteiger partial charge in [-0.2, -0.15) is 0 Å². The van der Waals surface area contributed by atoms with Gasteiger partial charge in [-0.15, -0.1) is 6.58 Å². The summed E-state index contributed by atoms with van der Waals surface area (Å²) in [6, 6.07) is 5.42. The maximum atomic E-state index is 11.3. The van der Waals surface area contributed by atoms with Crippen LogP contribution in [0.3, 0.4) is 0 Å². The molecule has 0 fully saturated rings. The van der Waals surface area contributed by atoms with Gasteiger partial charge in [0.25, 0.3) is 0 Å². The first kappa shape index (κ1) is 15.8. The number of hydrogen-bond donors (Lipinski definition) is 0. The molecule has 1 rings (SSSR count). The predicted octanol–water partition coefficient (Wildman–Crippen LogP) is 3.89. The lowest BCUT2D eigenvalue weighted by Gasteiger charge is -2.12. The molecule has 104 valence electrons. The normalized spacial score (nSPS) is 10.0. The maximum Gasteiger partial charge on any atom is 0.310 e. The number of esters is 1. The summed E-state index contributed by atoms with van der Waals surface area (Å²) in [5.74, 6) is 1.13. The van der Waals surface area contributed by atoms with E-state index in [1.807, 2.05) is 12.1 Å². The number of alkyl halides is 1. The van der Waals surface area contributed by atoms with E-state index in [4.69, 9.17) is 9.47 Å². The summed E-state index contributed by atoms with van der Waals surface area (Å²) in [5, 5.41) is 0.913. The fraction of sp³-hybridized carbons (Fsp3) is 0.400. The van der Waals surface area contributed by atoms with Crippen LogP contribution in [0.5, 0.6) is 11.5 Å². The first-order chi connectivity index (χ1) is 9.21. The molecule has 3 nitrogen and oxygen atoms in total. The van der Waals surface area contributed by atoms with Crippen LogP contribution in [-0.4, -0.2) is 17.9 Å². The topological polar surface area (TPSA) is 35.5 Å². The SMILES string of the molecule is C=CCc1cc(OC(=O)CC)ccc1OCCCBr. The Bertz CT molecular complexity index is 429. The van der Waals surface area contributed by atoms with Crippen LogP contribution in [0.15, 0.2) is 30.9 Å². The van der Waals surface area contributed by atoms with Gasteiger partial charge in [0.15, 0.2) is 0 Å². The van der Waals surface area contributed by atoms with Gasteiger partial charge in [0.05, 0.1) is 6.61 Å². The van der Waals surface area contributed by atoms with Crippen LogP contribution in [0, 0.1) is 0 Å². The first-order valence-corrected chi connectivity index (χ1v) is 7.46. The highest BCUT2D eigenvalue weighted by Crippen LogP contribution is 2.25. The van der Waals surface area contributed by atoms with Crippen molar-refractivity contribution in [3.8, 4) is 11.5 Å². The van der Waals surface area contributed by atoms with Crippen molar-refractivity contribution in [3.63, 3.8) is 0 Å². The molecule has 0 atom stereocenters. The monoisotopic (exact) mass is 326 g/mol. The Hall–Kier alpha value is -1.29. The second-order valence-electron chi connectivity index (χ2n) is 3.98. The van der Waals surface area contributed by atoms with Crippen LogP contribution in [0.4, 0.5) is 0 Å². The zero-order valence-corrected chi connectivity index (χ0v) is 12.7.